The van der Waals surface area contributed by atoms with Crippen molar-refractivity contribution >= 4 is 22.5 Å². The van der Waals surface area contributed by atoms with Crippen LogP contribution >= 0.6 is 0 Å². The maximum atomic E-state index is 11.9. The van der Waals surface area contributed by atoms with Gasteiger partial charge in [0.05, 0.1) is 17.8 Å². The van der Waals surface area contributed by atoms with E-state index in [0.29, 0.717) is 13.0 Å². The Kier molecular flexibility index (Phi) is 4.48. The molecular weight excluding hydrogens is 244 g/mol. The summed E-state index contributed by atoms with van der Waals surface area (Å²) in [5.74, 6) is -0.182. The first-order valence-electron chi connectivity index (χ1n) is 6.19. The highest BCUT2D eigenvalue weighted by molar-refractivity contribution is 5.96. The SMILES string of the molecule is COCCCC(N)C(=O)Nc1ccc2[nH]ncc2c1. The third-order valence-corrected chi connectivity index (χ3v) is 2.91. The van der Waals surface area contributed by atoms with Crippen LogP contribution in [-0.4, -0.2) is 35.9 Å². The van der Waals surface area contributed by atoms with Crippen molar-refractivity contribution < 1.29 is 9.53 Å². The number of aromatic amines is 1. The molecular formula is C13H18N4O2. The van der Waals surface area contributed by atoms with Gasteiger partial charge in [0, 0.05) is 24.8 Å². The summed E-state index contributed by atoms with van der Waals surface area (Å²) in [5.41, 5.74) is 7.47. The monoisotopic (exact) mass is 262 g/mol. The minimum absolute atomic E-state index is 0.182. The number of hydrogen-bond acceptors (Lipinski definition) is 4. The van der Waals surface area contributed by atoms with E-state index in [1.54, 1.807) is 13.3 Å². The molecule has 102 valence electrons. The molecule has 1 atom stereocenters. The van der Waals surface area contributed by atoms with Gasteiger partial charge in [-0.25, -0.2) is 0 Å². The Labute approximate surface area is 111 Å². The number of anilines is 1. The van der Waals surface area contributed by atoms with E-state index < -0.39 is 6.04 Å². The van der Waals surface area contributed by atoms with Gasteiger partial charge in [-0.2, -0.15) is 5.10 Å². The number of amides is 1. The van der Waals surface area contributed by atoms with Crippen molar-refractivity contribution in [2.45, 2.75) is 18.9 Å². The number of carbonyl (C=O) groups is 1. The van der Waals surface area contributed by atoms with Crippen LogP contribution in [0.15, 0.2) is 24.4 Å². The van der Waals surface area contributed by atoms with Crippen LogP contribution in [0.25, 0.3) is 10.9 Å². The molecule has 1 unspecified atom stereocenters. The quantitative estimate of drug-likeness (QED) is 0.683. The Bertz CT molecular complexity index is 552. The molecule has 2 rings (SSSR count). The van der Waals surface area contributed by atoms with E-state index in [4.69, 9.17) is 10.5 Å². The second-order valence-corrected chi connectivity index (χ2v) is 4.40. The first-order chi connectivity index (χ1) is 9.20. The smallest absolute Gasteiger partial charge is 0.241 e. The van der Waals surface area contributed by atoms with Gasteiger partial charge in [-0.15, -0.1) is 0 Å². The van der Waals surface area contributed by atoms with Crippen LogP contribution in [0.5, 0.6) is 0 Å². The van der Waals surface area contributed by atoms with Gasteiger partial charge in [0.25, 0.3) is 0 Å². The highest BCUT2D eigenvalue weighted by Crippen LogP contribution is 2.16. The van der Waals surface area contributed by atoms with Gasteiger partial charge in [-0.1, -0.05) is 0 Å². The normalized spacial score (nSPS) is 12.5. The van der Waals surface area contributed by atoms with E-state index in [9.17, 15) is 4.79 Å². The molecule has 6 nitrogen and oxygen atoms in total. The fourth-order valence-electron chi connectivity index (χ4n) is 1.83. The van der Waals surface area contributed by atoms with E-state index in [0.717, 1.165) is 23.0 Å². The molecule has 0 saturated heterocycles. The second kappa shape index (κ2) is 6.31. The van der Waals surface area contributed by atoms with Gasteiger partial charge in [-0.05, 0) is 31.0 Å². The second-order valence-electron chi connectivity index (χ2n) is 4.40. The van der Waals surface area contributed by atoms with Crippen molar-refractivity contribution in [2.75, 3.05) is 19.0 Å². The van der Waals surface area contributed by atoms with Gasteiger partial charge in [0.15, 0.2) is 0 Å². The number of ether oxygens (including phenoxy) is 1. The number of benzene rings is 1. The Morgan fingerprint density at radius 2 is 2.42 bits per heavy atom. The molecule has 0 radical (unpaired) electrons. The van der Waals surface area contributed by atoms with Gasteiger partial charge in [0.1, 0.15) is 0 Å². The summed E-state index contributed by atoms with van der Waals surface area (Å²) in [5, 5.41) is 10.5. The number of aromatic nitrogens is 2. The molecule has 1 amide bonds. The topological polar surface area (TPSA) is 93.0 Å². The molecule has 19 heavy (non-hydrogen) atoms. The molecule has 4 N–H and O–H groups in total. The van der Waals surface area contributed by atoms with Crippen molar-refractivity contribution in [3.63, 3.8) is 0 Å². The average molecular weight is 262 g/mol. The van der Waals surface area contributed by atoms with E-state index in [-0.39, 0.29) is 5.91 Å². The van der Waals surface area contributed by atoms with Crippen molar-refractivity contribution in [2.24, 2.45) is 5.73 Å². The van der Waals surface area contributed by atoms with Crippen LogP contribution in [0.1, 0.15) is 12.8 Å². The summed E-state index contributed by atoms with van der Waals surface area (Å²) in [7, 11) is 1.63. The summed E-state index contributed by atoms with van der Waals surface area (Å²) in [6.45, 7) is 0.613. The molecule has 1 aromatic carbocycles. The fourth-order valence-corrected chi connectivity index (χ4v) is 1.83. The Morgan fingerprint density at radius 3 is 3.21 bits per heavy atom. The number of rotatable bonds is 6. The van der Waals surface area contributed by atoms with Crippen LogP contribution in [-0.2, 0) is 9.53 Å². The van der Waals surface area contributed by atoms with Crippen molar-refractivity contribution in [3.8, 4) is 0 Å². The molecule has 6 heteroatoms. The Morgan fingerprint density at radius 1 is 1.58 bits per heavy atom. The zero-order valence-electron chi connectivity index (χ0n) is 10.8. The van der Waals surface area contributed by atoms with Crippen LogP contribution in [0, 0.1) is 0 Å². The lowest BCUT2D eigenvalue weighted by molar-refractivity contribution is -0.117. The molecule has 1 aromatic heterocycles. The van der Waals surface area contributed by atoms with Crippen molar-refractivity contribution in [3.05, 3.63) is 24.4 Å². The number of methoxy groups -OCH3 is 1. The van der Waals surface area contributed by atoms with Crippen LogP contribution < -0.4 is 11.1 Å². The van der Waals surface area contributed by atoms with Gasteiger partial charge >= 0.3 is 0 Å². The molecule has 0 aliphatic rings. The minimum Gasteiger partial charge on any atom is -0.385 e. The summed E-state index contributed by atoms with van der Waals surface area (Å²) in [6.07, 6.45) is 3.09. The van der Waals surface area contributed by atoms with Crippen LogP contribution in [0.2, 0.25) is 0 Å². The Hall–Kier alpha value is -1.92. The maximum Gasteiger partial charge on any atom is 0.241 e. The number of nitrogens with two attached hydrogens (primary N) is 1. The molecule has 0 spiro atoms. The standard InChI is InChI=1S/C13H18N4O2/c1-19-6-2-3-11(14)13(18)16-10-4-5-12-9(7-10)8-15-17-12/h4-5,7-8,11H,2-3,6,14H2,1H3,(H,15,17)(H,16,18). The van der Waals surface area contributed by atoms with Gasteiger partial charge in [0.2, 0.25) is 5.91 Å². The lowest BCUT2D eigenvalue weighted by atomic mass is 10.1. The van der Waals surface area contributed by atoms with E-state index in [1.807, 2.05) is 18.2 Å². The van der Waals surface area contributed by atoms with Crippen molar-refractivity contribution in [1.29, 1.82) is 0 Å². The fraction of sp³-hybridized carbons (Fsp3) is 0.385. The molecule has 2 aromatic rings. The summed E-state index contributed by atoms with van der Waals surface area (Å²) in [4.78, 5) is 11.9. The van der Waals surface area contributed by atoms with E-state index >= 15 is 0 Å². The van der Waals surface area contributed by atoms with Gasteiger partial charge in [-0.3, -0.25) is 9.89 Å². The lowest BCUT2D eigenvalue weighted by Crippen LogP contribution is -2.35. The number of nitrogens with one attached hydrogen (secondary N) is 2. The predicted molar refractivity (Wildman–Crippen MR) is 73.8 cm³/mol. The highest BCUT2D eigenvalue weighted by atomic mass is 16.5. The Balaban J connectivity index is 1.93. The third kappa shape index (κ3) is 3.52. The minimum atomic E-state index is -0.518. The predicted octanol–water partition coefficient (Wildman–Crippen LogP) is 1.26. The number of carbonyl (C=O) groups excluding carboxylic acids is 1. The highest BCUT2D eigenvalue weighted by Gasteiger charge is 2.13. The third-order valence-electron chi connectivity index (χ3n) is 2.91. The van der Waals surface area contributed by atoms with Crippen LogP contribution in [0.3, 0.4) is 0 Å². The zero-order chi connectivity index (χ0) is 13.7. The molecule has 0 saturated carbocycles. The largest absolute Gasteiger partial charge is 0.385 e. The summed E-state index contributed by atoms with van der Waals surface area (Å²) < 4.78 is 4.93. The number of fused-ring (bicyclic) bond motifs is 1. The lowest BCUT2D eigenvalue weighted by Gasteiger charge is -2.12. The van der Waals surface area contributed by atoms with E-state index in [2.05, 4.69) is 15.5 Å². The first-order valence-corrected chi connectivity index (χ1v) is 6.19. The number of hydrogen-bond donors (Lipinski definition) is 3. The van der Waals surface area contributed by atoms with Crippen molar-refractivity contribution in [1.82, 2.24) is 10.2 Å². The average Bonchev–Trinajstić information content (AvgIpc) is 2.86. The summed E-state index contributed by atoms with van der Waals surface area (Å²) in [6, 6.07) is 5.03. The van der Waals surface area contributed by atoms with Crippen LogP contribution in [0.4, 0.5) is 5.69 Å². The zero-order valence-corrected chi connectivity index (χ0v) is 10.8. The van der Waals surface area contributed by atoms with E-state index in [1.165, 1.54) is 0 Å². The number of nitrogens with zero attached hydrogens (tertiary/aromatic N) is 1. The molecule has 0 aliphatic heterocycles. The first kappa shape index (κ1) is 13.5. The maximum absolute atomic E-state index is 11.9. The summed E-state index contributed by atoms with van der Waals surface area (Å²) >= 11 is 0. The molecule has 0 fully saturated rings. The number of H-pyrrole nitrogens is 1. The molecule has 0 bridgehead atoms. The van der Waals surface area contributed by atoms with Gasteiger partial charge < -0.3 is 15.8 Å². The molecule has 1 heterocycles. The molecule has 0 aliphatic carbocycles.